The topological polar surface area (TPSA) is 39.1 Å². The van der Waals surface area contributed by atoms with Crippen LogP contribution in [0.3, 0.4) is 0 Å². The predicted octanol–water partition coefficient (Wildman–Crippen LogP) is 2.91. The Morgan fingerprint density at radius 3 is 2.40 bits per heavy atom. The fourth-order valence-electron chi connectivity index (χ4n) is 2.82. The molecule has 3 nitrogen and oxygen atoms in total. The van der Waals surface area contributed by atoms with Crippen LogP contribution in [0.2, 0.25) is 0 Å². The maximum absolute atomic E-state index is 8.78. The van der Waals surface area contributed by atoms with Gasteiger partial charge in [0.1, 0.15) is 0 Å². The molecule has 0 bridgehead atoms. The molecule has 0 aromatic heterocycles. The zero-order valence-electron chi connectivity index (χ0n) is 12.7. The normalized spacial score (nSPS) is 16.9. The van der Waals surface area contributed by atoms with Crippen LogP contribution in [0.15, 0.2) is 24.3 Å². The Morgan fingerprint density at radius 1 is 1.15 bits per heavy atom. The smallest absolute Gasteiger partial charge is 0.0991 e. The molecule has 0 aliphatic carbocycles. The quantitative estimate of drug-likeness (QED) is 0.895. The van der Waals surface area contributed by atoms with Gasteiger partial charge in [-0.2, -0.15) is 5.26 Å². The lowest BCUT2D eigenvalue weighted by Crippen LogP contribution is -2.52. The van der Waals surface area contributed by atoms with E-state index in [0.29, 0.717) is 0 Å². The first kappa shape index (κ1) is 15.0. The number of nitriles is 1. The van der Waals surface area contributed by atoms with Crippen LogP contribution in [-0.4, -0.2) is 30.1 Å². The Morgan fingerprint density at radius 2 is 1.80 bits per heavy atom. The van der Waals surface area contributed by atoms with Gasteiger partial charge in [0, 0.05) is 18.6 Å². The minimum Gasteiger partial charge on any atom is -0.311 e. The van der Waals surface area contributed by atoms with Crippen LogP contribution in [0.1, 0.15) is 44.2 Å². The van der Waals surface area contributed by atoms with E-state index in [0.717, 1.165) is 18.7 Å². The molecule has 108 valence electrons. The predicted molar refractivity (Wildman–Crippen MR) is 82.4 cm³/mol. The molecule has 0 atom stereocenters. The number of piperidine rings is 1. The second-order valence-corrected chi connectivity index (χ2v) is 6.27. The molecule has 1 N–H and O–H groups in total. The molecule has 1 aliphatic heterocycles. The highest BCUT2D eigenvalue weighted by Gasteiger charge is 2.27. The number of likely N-dealkylation sites (tertiary alicyclic amines) is 1. The Balaban J connectivity index is 1.80. The van der Waals surface area contributed by atoms with Gasteiger partial charge in [-0.3, -0.25) is 4.90 Å². The van der Waals surface area contributed by atoms with Crippen molar-refractivity contribution in [2.45, 2.75) is 45.2 Å². The Kier molecular flexibility index (Phi) is 5.17. The van der Waals surface area contributed by atoms with Gasteiger partial charge in [0.15, 0.2) is 0 Å². The van der Waals surface area contributed by atoms with Crippen molar-refractivity contribution in [3.8, 4) is 6.07 Å². The number of benzene rings is 1. The molecule has 0 amide bonds. The second kappa shape index (κ2) is 6.88. The van der Waals surface area contributed by atoms with Crippen molar-refractivity contribution in [2.24, 2.45) is 0 Å². The highest BCUT2D eigenvalue weighted by Crippen LogP contribution is 2.19. The molecule has 1 fully saturated rings. The van der Waals surface area contributed by atoms with E-state index in [-0.39, 0.29) is 5.54 Å². The third-order valence-corrected chi connectivity index (χ3v) is 4.18. The van der Waals surface area contributed by atoms with E-state index < -0.39 is 0 Å². The molecular formula is C17H25N3. The largest absolute Gasteiger partial charge is 0.311 e. The van der Waals surface area contributed by atoms with Crippen LogP contribution in [0.4, 0.5) is 0 Å². The average Bonchev–Trinajstić information content (AvgIpc) is 2.49. The Hall–Kier alpha value is -1.37. The molecule has 1 saturated heterocycles. The third kappa shape index (κ3) is 4.06. The van der Waals surface area contributed by atoms with Crippen molar-refractivity contribution >= 4 is 0 Å². The van der Waals surface area contributed by atoms with Crippen LogP contribution >= 0.6 is 0 Å². The van der Waals surface area contributed by atoms with Gasteiger partial charge in [0.25, 0.3) is 0 Å². The Bertz CT molecular complexity index is 450. The summed E-state index contributed by atoms with van der Waals surface area (Å²) in [5.41, 5.74) is 2.17. The highest BCUT2D eigenvalue weighted by molar-refractivity contribution is 5.31. The first-order chi connectivity index (χ1) is 9.62. The molecular weight excluding hydrogens is 246 g/mol. The maximum Gasteiger partial charge on any atom is 0.0991 e. The van der Waals surface area contributed by atoms with Crippen molar-refractivity contribution < 1.29 is 0 Å². The zero-order valence-corrected chi connectivity index (χ0v) is 12.7. The molecule has 1 aromatic carbocycles. The minimum atomic E-state index is 0.215. The fraction of sp³-hybridized carbons (Fsp3) is 0.588. The number of hydrogen-bond donors (Lipinski definition) is 1. The molecule has 0 spiro atoms. The lowest BCUT2D eigenvalue weighted by atomic mass is 9.98. The van der Waals surface area contributed by atoms with Gasteiger partial charge in [0.2, 0.25) is 0 Å². The van der Waals surface area contributed by atoms with Crippen molar-refractivity contribution in [2.75, 3.05) is 19.6 Å². The van der Waals surface area contributed by atoms with Gasteiger partial charge in [-0.15, -0.1) is 0 Å². The van der Waals surface area contributed by atoms with Crippen LogP contribution < -0.4 is 5.32 Å². The standard InChI is InChI=1S/C17H25N3/c1-17(2,20-10-4-3-5-11-20)14-19-13-16-8-6-15(12-18)7-9-16/h6-9,19H,3-5,10-11,13-14H2,1-2H3. The molecule has 0 radical (unpaired) electrons. The summed E-state index contributed by atoms with van der Waals surface area (Å²) in [6.07, 6.45) is 4.04. The molecule has 20 heavy (non-hydrogen) atoms. The summed E-state index contributed by atoms with van der Waals surface area (Å²) in [7, 11) is 0. The molecule has 0 saturated carbocycles. The van der Waals surface area contributed by atoms with Gasteiger partial charge in [-0.25, -0.2) is 0 Å². The van der Waals surface area contributed by atoms with Gasteiger partial charge < -0.3 is 5.32 Å². The second-order valence-electron chi connectivity index (χ2n) is 6.27. The van der Waals surface area contributed by atoms with E-state index in [4.69, 9.17) is 5.26 Å². The van der Waals surface area contributed by atoms with Crippen molar-refractivity contribution in [1.29, 1.82) is 5.26 Å². The van der Waals surface area contributed by atoms with Gasteiger partial charge in [-0.05, 0) is 57.5 Å². The number of hydrogen-bond acceptors (Lipinski definition) is 3. The van der Waals surface area contributed by atoms with Crippen LogP contribution in [-0.2, 0) is 6.54 Å². The van der Waals surface area contributed by atoms with E-state index in [9.17, 15) is 0 Å². The van der Waals surface area contributed by atoms with E-state index in [1.807, 2.05) is 24.3 Å². The summed E-state index contributed by atoms with van der Waals surface area (Å²) in [5.74, 6) is 0. The van der Waals surface area contributed by atoms with E-state index in [1.54, 1.807) is 0 Å². The molecule has 1 aliphatic rings. The van der Waals surface area contributed by atoms with Crippen molar-refractivity contribution in [3.05, 3.63) is 35.4 Å². The van der Waals surface area contributed by atoms with Crippen LogP contribution in [0, 0.1) is 11.3 Å². The Labute approximate surface area is 122 Å². The third-order valence-electron chi connectivity index (χ3n) is 4.18. The van der Waals surface area contributed by atoms with E-state index in [2.05, 4.69) is 30.1 Å². The molecule has 1 heterocycles. The van der Waals surface area contributed by atoms with Crippen LogP contribution in [0.25, 0.3) is 0 Å². The number of nitrogens with zero attached hydrogens (tertiary/aromatic N) is 2. The minimum absolute atomic E-state index is 0.215. The summed E-state index contributed by atoms with van der Waals surface area (Å²) in [5, 5.41) is 12.3. The summed E-state index contributed by atoms with van der Waals surface area (Å²) in [6, 6.07) is 9.97. The molecule has 0 unspecified atom stereocenters. The monoisotopic (exact) mass is 271 g/mol. The zero-order chi connectivity index (χ0) is 14.4. The SMILES string of the molecule is CC(C)(CNCc1ccc(C#N)cc1)N1CCCCC1. The molecule has 3 heteroatoms. The molecule has 2 rings (SSSR count). The van der Waals surface area contributed by atoms with Gasteiger partial charge >= 0.3 is 0 Å². The van der Waals surface area contributed by atoms with Crippen molar-refractivity contribution in [3.63, 3.8) is 0 Å². The summed E-state index contributed by atoms with van der Waals surface area (Å²) >= 11 is 0. The lowest BCUT2D eigenvalue weighted by Gasteiger charge is -2.41. The highest BCUT2D eigenvalue weighted by atomic mass is 15.2. The first-order valence-corrected chi connectivity index (χ1v) is 7.57. The van der Waals surface area contributed by atoms with E-state index in [1.165, 1.54) is 37.9 Å². The lowest BCUT2D eigenvalue weighted by molar-refractivity contribution is 0.0942. The average molecular weight is 271 g/mol. The summed E-state index contributed by atoms with van der Waals surface area (Å²) < 4.78 is 0. The van der Waals surface area contributed by atoms with Gasteiger partial charge in [0.05, 0.1) is 11.6 Å². The van der Waals surface area contributed by atoms with Gasteiger partial charge in [-0.1, -0.05) is 18.6 Å². The summed E-state index contributed by atoms with van der Waals surface area (Å²) in [4.78, 5) is 2.60. The molecule has 1 aromatic rings. The number of nitrogens with one attached hydrogen (secondary N) is 1. The number of rotatable bonds is 5. The summed E-state index contributed by atoms with van der Waals surface area (Å²) in [6.45, 7) is 8.96. The van der Waals surface area contributed by atoms with Crippen molar-refractivity contribution in [1.82, 2.24) is 10.2 Å². The van der Waals surface area contributed by atoms with E-state index >= 15 is 0 Å². The first-order valence-electron chi connectivity index (χ1n) is 7.57. The maximum atomic E-state index is 8.78. The van der Waals surface area contributed by atoms with Crippen LogP contribution in [0.5, 0.6) is 0 Å². The fourth-order valence-corrected chi connectivity index (χ4v) is 2.82.